The summed E-state index contributed by atoms with van der Waals surface area (Å²) in [5.74, 6) is 1.09. The molecule has 1 aliphatic carbocycles. The average molecular weight is 295 g/mol. The van der Waals surface area contributed by atoms with Crippen LogP contribution < -0.4 is 5.32 Å². The molecule has 5 heteroatoms. The molecule has 1 aliphatic rings. The number of rotatable bonds is 3. The average Bonchev–Trinajstić information content (AvgIpc) is 3.12. The Bertz CT molecular complexity index is 779. The summed E-state index contributed by atoms with van der Waals surface area (Å²) in [6.45, 7) is 0. The minimum Gasteiger partial charge on any atom is -0.367 e. The minimum atomic E-state index is 0.542. The van der Waals surface area contributed by atoms with Crippen molar-refractivity contribution in [2.24, 2.45) is 7.05 Å². The molecule has 0 unspecified atom stereocenters. The van der Waals surface area contributed by atoms with Crippen molar-refractivity contribution in [3.05, 3.63) is 36.7 Å². The predicted molar refractivity (Wildman–Crippen MR) is 87.9 cm³/mol. The first-order valence-corrected chi connectivity index (χ1v) is 8.05. The van der Waals surface area contributed by atoms with Crippen molar-refractivity contribution in [2.75, 3.05) is 5.32 Å². The van der Waals surface area contributed by atoms with E-state index in [0.717, 1.165) is 22.9 Å². The maximum Gasteiger partial charge on any atom is 0.140 e. The fourth-order valence-electron chi connectivity index (χ4n) is 3.36. The number of hydrogen-bond donors (Lipinski definition) is 1. The van der Waals surface area contributed by atoms with E-state index < -0.39 is 0 Å². The van der Waals surface area contributed by atoms with Crippen molar-refractivity contribution in [3.8, 4) is 11.4 Å². The van der Waals surface area contributed by atoms with E-state index in [-0.39, 0.29) is 0 Å². The van der Waals surface area contributed by atoms with Crippen molar-refractivity contribution in [2.45, 2.75) is 38.1 Å². The molecule has 0 amide bonds. The number of aromatic nitrogens is 4. The van der Waals surface area contributed by atoms with Gasteiger partial charge in [0.25, 0.3) is 0 Å². The second kappa shape index (κ2) is 5.48. The first-order valence-electron chi connectivity index (χ1n) is 8.05. The quantitative estimate of drug-likeness (QED) is 0.804. The van der Waals surface area contributed by atoms with Crippen LogP contribution in [-0.2, 0) is 7.05 Å². The van der Waals surface area contributed by atoms with Gasteiger partial charge < -0.3 is 5.32 Å². The van der Waals surface area contributed by atoms with Crippen LogP contribution in [0.1, 0.15) is 32.1 Å². The van der Waals surface area contributed by atoms with Gasteiger partial charge in [-0.25, -0.2) is 4.98 Å². The van der Waals surface area contributed by atoms with Gasteiger partial charge in [0.1, 0.15) is 17.2 Å². The van der Waals surface area contributed by atoms with Gasteiger partial charge in [-0.05, 0) is 31.0 Å². The molecule has 114 valence electrons. The highest BCUT2D eigenvalue weighted by Crippen LogP contribution is 2.30. The molecule has 22 heavy (non-hydrogen) atoms. The number of anilines is 1. The summed E-state index contributed by atoms with van der Waals surface area (Å²) < 4.78 is 4.03. The molecule has 3 aromatic heterocycles. The highest BCUT2D eigenvalue weighted by atomic mass is 15.3. The Hall–Kier alpha value is -2.30. The maximum atomic E-state index is 4.82. The van der Waals surface area contributed by atoms with Gasteiger partial charge in [-0.3, -0.25) is 9.08 Å². The van der Waals surface area contributed by atoms with Gasteiger partial charge in [0.15, 0.2) is 0 Å². The number of nitrogens with zero attached hydrogens (tertiary/aromatic N) is 4. The third-order valence-electron chi connectivity index (χ3n) is 4.54. The molecule has 4 rings (SSSR count). The van der Waals surface area contributed by atoms with E-state index in [2.05, 4.69) is 21.0 Å². The van der Waals surface area contributed by atoms with E-state index in [9.17, 15) is 0 Å². The zero-order chi connectivity index (χ0) is 14.9. The van der Waals surface area contributed by atoms with Crippen molar-refractivity contribution >= 4 is 11.5 Å². The van der Waals surface area contributed by atoms with Gasteiger partial charge in [0, 0.05) is 25.5 Å². The van der Waals surface area contributed by atoms with Gasteiger partial charge in [-0.15, -0.1) is 0 Å². The van der Waals surface area contributed by atoms with Crippen LogP contribution in [0.5, 0.6) is 0 Å². The maximum absolute atomic E-state index is 4.82. The monoisotopic (exact) mass is 295 g/mol. The van der Waals surface area contributed by atoms with Gasteiger partial charge in [0.05, 0.1) is 5.69 Å². The van der Waals surface area contributed by atoms with E-state index in [4.69, 9.17) is 4.98 Å². The van der Waals surface area contributed by atoms with Gasteiger partial charge in [-0.1, -0.05) is 25.3 Å². The zero-order valence-electron chi connectivity index (χ0n) is 12.9. The Morgan fingerprint density at radius 3 is 2.77 bits per heavy atom. The van der Waals surface area contributed by atoms with Crippen molar-refractivity contribution < 1.29 is 0 Å². The number of aryl methyl sites for hydroxylation is 1. The topological polar surface area (TPSA) is 47.2 Å². The van der Waals surface area contributed by atoms with E-state index in [1.807, 2.05) is 42.2 Å². The number of pyridine rings is 1. The number of hydrogen-bond acceptors (Lipinski definition) is 3. The SMILES string of the molecule is Cn1nccc1-c1nc2ccccn2c1NC1CCCCC1. The number of fused-ring (bicyclic) bond motifs is 1. The molecule has 1 fully saturated rings. The molecule has 0 aromatic carbocycles. The lowest BCUT2D eigenvalue weighted by Crippen LogP contribution is -2.23. The lowest BCUT2D eigenvalue weighted by Gasteiger charge is -2.24. The Kier molecular flexibility index (Phi) is 3.33. The molecular weight excluding hydrogens is 274 g/mol. The molecule has 1 N–H and O–H groups in total. The molecule has 3 aromatic rings. The van der Waals surface area contributed by atoms with Crippen LogP contribution in [0.2, 0.25) is 0 Å². The Balaban J connectivity index is 1.81. The van der Waals surface area contributed by atoms with Crippen LogP contribution in [-0.4, -0.2) is 25.2 Å². The molecule has 5 nitrogen and oxygen atoms in total. The normalized spacial score (nSPS) is 16.2. The first-order chi connectivity index (χ1) is 10.8. The molecule has 0 atom stereocenters. The van der Waals surface area contributed by atoms with Crippen molar-refractivity contribution in [1.29, 1.82) is 0 Å². The molecule has 0 bridgehead atoms. The second-order valence-electron chi connectivity index (χ2n) is 6.06. The zero-order valence-corrected chi connectivity index (χ0v) is 12.9. The van der Waals surface area contributed by atoms with Crippen LogP contribution in [0.15, 0.2) is 36.7 Å². The fraction of sp³-hybridized carbons (Fsp3) is 0.412. The fourth-order valence-corrected chi connectivity index (χ4v) is 3.36. The third kappa shape index (κ3) is 2.26. The summed E-state index contributed by atoms with van der Waals surface area (Å²) in [6, 6.07) is 8.69. The van der Waals surface area contributed by atoms with Crippen LogP contribution >= 0.6 is 0 Å². The standard InChI is InChI=1S/C17H21N5/c1-21-14(10-11-18-21)16-17(19-13-7-3-2-4-8-13)22-12-6-5-9-15(22)20-16/h5-6,9-13,19H,2-4,7-8H2,1H3. The van der Waals surface area contributed by atoms with Crippen molar-refractivity contribution in [3.63, 3.8) is 0 Å². The number of nitrogens with one attached hydrogen (secondary N) is 1. The second-order valence-corrected chi connectivity index (χ2v) is 6.06. The predicted octanol–water partition coefficient (Wildman–Crippen LogP) is 3.48. The van der Waals surface area contributed by atoms with Gasteiger partial charge in [-0.2, -0.15) is 5.10 Å². The largest absolute Gasteiger partial charge is 0.367 e. The third-order valence-corrected chi connectivity index (χ3v) is 4.54. The first kappa shape index (κ1) is 13.4. The van der Waals surface area contributed by atoms with Gasteiger partial charge >= 0.3 is 0 Å². The highest BCUT2D eigenvalue weighted by molar-refractivity contribution is 5.74. The Morgan fingerprint density at radius 2 is 2.00 bits per heavy atom. The molecule has 0 radical (unpaired) electrons. The Labute approximate surface area is 130 Å². The molecule has 0 saturated heterocycles. The van der Waals surface area contributed by atoms with Crippen LogP contribution in [0.4, 0.5) is 5.82 Å². The lowest BCUT2D eigenvalue weighted by atomic mass is 9.95. The molecule has 1 saturated carbocycles. The van der Waals surface area contributed by atoms with Crippen LogP contribution in [0.25, 0.3) is 17.0 Å². The van der Waals surface area contributed by atoms with Crippen molar-refractivity contribution in [1.82, 2.24) is 19.2 Å². The summed E-state index contributed by atoms with van der Waals surface area (Å²) in [4.78, 5) is 4.82. The Morgan fingerprint density at radius 1 is 1.14 bits per heavy atom. The summed E-state index contributed by atoms with van der Waals surface area (Å²) in [6.07, 6.45) is 10.4. The summed E-state index contributed by atoms with van der Waals surface area (Å²) in [5.41, 5.74) is 3.00. The summed E-state index contributed by atoms with van der Waals surface area (Å²) >= 11 is 0. The van der Waals surface area contributed by atoms with Crippen LogP contribution in [0.3, 0.4) is 0 Å². The molecule has 3 heterocycles. The lowest BCUT2D eigenvalue weighted by molar-refractivity contribution is 0.461. The van der Waals surface area contributed by atoms with E-state index in [1.165, 1.54) is 32.1 Å². The van der Waals surface area contributed by atoms with E-state index in [0.29, 0.717) is 6.04 Å². The van der Waals surface area contributed by atoms with Crippen LogP contribution in [0, 0.1) is 0 Å². The van der Waals surface area contributed by atoms with Gasteiger partial charge in [0.2, 0.25) is 0 Å². The summed E-state index contributed by atoms with van der Waals surface area (Å²) in [5, 5.41) is 8.04. The molecular formula is C17H21N5. The molecule has 0 spiro atoms. The summed E-state index contributed by atoms with van der Waals surface area (Å²) in [7, 11) is 1.96. The highest BCUT2D eigenvalue weighted by Gasteiger charge is 2.20. The van der Waals surface area contributed by atoms with E-state index in [1.54, 1.807) is 0 Å². The molecule has 0 aliphatic heterocycles. The smallest absolute Gasteiger partial charge is 0.140 e. The van der Waals surface area contributed by atoms with E-state index >= 15 is 0 Å². The minimum absolute atomic E-state index is 0.542. The number of imidazole rings is 1.